The van der Waals surface area contributed by atoms with Gasteiger partial charge in [0, 0.05) is 24.4 Å². The zero-order valence-corrected chi connectivity index (χ0v) is 13.1. The summed E-state index contributed by atoms with van der Waals surface area (Å²) in [5.41, 5.74) is 7.97. The lowest BCUT2D eigenvalue weighted by molar-refractivity contribution is 0.0997. The molecule has 0 aliphatic rings. The molecule has 1 aromatic carbocycles. The highest BCUT2D eigenvalue weighted by Crippen LogP contribution is 2.34. The number of carbonyl (C=O) groups excluding carboxylic acids is 1. The number of aromatic nitrogens is 3. The normalized spacial score (nSPS) is 10.3. The summed E-state index contributed by atoms with van der Waals surface area (Å²) in [4.78, 5) is 16.0. The van der Waals surface area contributed by atoms with Crippen molar-refractivity contribution in [2.24, 2.45) is 12.8 Å². The van der Waals surface area contributed by atoms with Crippen LogP contribution in [0.2, 0.25) is 0 Å². The lowest BCUT2D eigenvalue weighted by Crippen LogP contribution is -2.13. The Morgan fingerprint density at radius 3 is 2.96 bits per heavy atom. The van der Waals surface area contributed by atoms with E-state index < -0.39 is 5.91 Å². The summed E-state index contributed by atoms with van der Waals surface area (Å²) >= 11 is 1.34. The van der Waals surface area contributed by atoms with Crippen LogP contribution in [-0.4, -0.2) is 20.7 Å². The number of nitrogens with two attached hydrogens (primary N) is 1. The number of hydrogen-bond acceptors (Lipinski definition) is 5. The maximum absolute atomic E-state index is 11.7. The number of hydrogen-bond donors (Lipinski definition) is 2. The molecule has 114 valence electrons. The van der Waals surface area contributed by atoms with Crippen LogP contribution in [0, 0.1) is 12.3 Å². The number of rotatable bonds is 4. The van der Waals surface area contributed by atoms with Gasteiger partial charge in [-0.15, -0.1) is 6.42 Å². The van der Waals surface area contributed by atoms with Crippen LogP contribution < -0.4 is 11.1 Å². The lowest BCUT2D eigenvalue weighted by Gasteiger charge is -2.00. The van der Waals surface area contributed by atoms with Gasteiger partial charge >= 0.3 is 0 Å². The highest BCUT2D eigenvalue weighted by molar-refractivity contribution is 7.19. The first kappa shape index (κ1) is 14.8. The Balaban J connectivity index is 2.01. The van der Waals surface area contributed by atoms with Crippen molar-refractivity contribution in [3.63, 3.8) is 0 Å². The van der Waals surface area contributed by atoms with Crippen LogP contribution in [0.4, 0.5) is 10.7 Å². The molecule has 0 radical (unpaired) electrons. The van der Waals surface area contributed by atoms with Gasteiger partial charge in [-0.25, -0.2) is 4.98 Å². The van der Waals surface area contributed by atoms with E-state index in [4.69, 9.17) is 12.2 Å². The minimum Gasteiger partial charge on any atom is -0.364 e. The average Bonchev–Trinajstić information content (AvgIpc) is 3.14. The summed E-state index contributed by atoms with van der Waals surface area (Å²) in [5, 5.41) is 8.44. The van der Waals surface area contributed by atoms with Crippen molar-refractivity contribution in [3.05, 3.63) is 47.9 Å². The smallest absolute Gasteiger partial charge is 0.270 e. The number of aryl methyl sites for hydroxylation is 1. The number of thiazole rings is 1. The van der Waals surface area contributed by atoms with Gasteiger partial charge in [-0.05, 0) is 12.1 Å². The van der Waals surface area contributed by atoms with Gasteiger partial charge in [-0.1, -0.05) is 29.4 Å². The van der Waals surface area contributed by atoms with Crippen molar-refractivity contribution in [1.29, 1.82) is 0 Å². The molecular formula is C16H13N5OS. The van der Waals surface area contributed by atoms with Gasteiger partial charge in [0.05, 0.1) is 11.9 Å². The zero-order valence-electron chi connectivity index (χ0n) is 12.3. The predicted octanol–water partition coefficient (Wildman–Crippen LogP) is 2.37. The third-order valence-corrected chi connectivity index (χ3v) is 4.12. The highest BCUT2D eigenvalue weighted by atomic mass is 32.1. The van der Waals surface area contributed by atoms with Crippen molar-refractivity contribution in [2.45, 2.75) is 0 Å². The van der Waals surface area contributed by atoms with E-state index in [9.17, 15) is 4.79 Å². The topological polar surface area (TPSA) is 85.8 Å². The largest absolute Gasteiger partial charge is 0.364 e. The molecule has 3 N–H and O–H groups in total. The minimum atomic E-state index is -0.591. The molecule has 0 saturated carbocycles. The molecule has 6 nitrogen and oxygen atoms in total. The summed E-state index contributed by atoms with van der Waals surface area (Å²) in [7, 11) is 1.81. The molecule has 23 heavy (non-hydrogen) atoms. The molecule has 7 heteroatoms. The molecule has 2 aromatic heterocycles. The van der Waals surface area contributed by atoms with Crippen LogP contribution in [0.15, 0.2) is 36.7 Å². The number of amides is 1. The molecule has 0 atom stereocenters. The summed E-state index contributed by atoms with van der Waals surface area (Å²) < 4.78 is 1.66. The molecule has 2 heterocycles. The Morgan fingerprint density at radius 2 is 2.30 bits per heavy atom. The Morgan fingerprint density at radius 1 is 1.48 bits per heavy atom. The van der Waals surface area contributed by atoms with Crippen molar-refractivity contribution >= 4 is 27.9 Å². The van der Waals surface area contributed by atoms with E-state index in [1.54, 1.807) is 17.1 Å². The van der Waals surface area contributed by atoms with E-state index in [0.717, 1.165) is 16.8 Å². The fourth-order valence-corrected chi connectivity index (χ4v) is 3.04. The third kappa shape index (κ3) is 3.07. The fourth-order valence-electron chi connectivity index (χ4n) is 2.05. The number of nitrogens with zero attached hydrogens (tertiary/aromatic N) is 3. The molecule has 3 rings (SSSR count). The molecule has 0 aliphatic carbocycles. The van der Waals surface area contributed by atoms with Crippen molar-refractivity contribution in [3.8, 4) is 22.9 Å². The number of anilines is 2. The van der Waals surface area contributed by atoms with E-state index >= 15 is 0 Å². The van der Waals surface area contributed by atoms with Crippen molar-refractivity contribution < 1.29 is 4.79 Å². The van der Waals surface area contributed by atoms with Gasteiger partial charge in [0.25, 0.3) is 5.91 Å². The van der Waals surface area contributed by atoms with Crippen LogP contribution in [0.1, 0.15) is 16.1 Å². The maximum atomic E-state index is 11.7. The van der Waals surface area contributed by atoms with Crippen LogP contribution in [-0.2, 0) is 7.05 Å². The molecule has 0 saturated heterocycles. The lowest BCUT2D eigenvalue weighted by atomic mass is 10.1. The van der Waals surface area contributed by atoms with E-state index in [2.05, 4.69) is 21.3 Å². The van der Waals surface area contributed by atoms with Gasteiger partial charge in [0.2, 0.25) is 0 Å². The molecule has 1 amide bonds. The highest BCUT2D eigenvalue weighted by Gasteiger charge is 2.17. The Labute approximate surface area is 137 Å². The van der Waals surface area contributed by atoms with Crippen molar-refractivity contribution in [1.82, 2.24) is 14.8 Å². The van der Waals surface area contributed by atoms with Gasteiger partial charge in [0.1, 0.15) is 10.0 Å². The van der Waals surface area contributed by atoms with Crippen LogP contribution in [0.25, 0.3) is 10.6 Å². The molecular weight excluding hydrogens is 310 g/mol. The molecule has 3 aromatic rings. The second-order valence-electron chi connectivity index (χ2n) is 4.81. The first-order valence-electron chi connectivity index (χ1n) is 6.70. The van der Waals surface area contributed by atoms with Crippen molar-refractivity contribution in [2.75, 3.05) is 5.32 Å². The molecule has 0 spiro atoms. The molecule has 0 fully saturated rings. The summed E-state index contributed by atoms with van der Waals surface area (Å²) in [6, 6.07) is 7.42. The van der Waals surface area contributed by atoms with Gasteiger partial charge in [-0.3, -0.25) is 9.48 Å². The van der Waals surface area contributed by atoms with Crippen LogP contribution >= 0.6 is 11.3 Å². The quantitative estimate of drug-likeness (QED) is 0.722. The van der Waals surface area contributed by atoms with Gasteiger partial charge in [-0.2, -0.15) is 5.10 Å². The summed E-state index contributed by atoms with van der Waals surface area (Å²) in [6.07, 6.45) is 8.87. The fraction of sp³-hybridized carbons (Fsp3) is 0.0625. The minimum absolute atomic E-state index is 0.194. The number of carbonyl (C=O) groups is 1. The van der Waals surface area contributed by atoms with E-state index in [-0.39, 0.29) is 5.69 Å². The van der Waals surface area contributed by atoms with E-state index in [1.807, 2.05) is 31.3 Å². The summed E-state index contributed by atoms with van der Waals surface area (Å²) in [6.45, 7) is 0. The predicted molar refractivity (Wildman–Crippen MR) is 90.5 cm³/mol. The Bertz CT molecular complexity index is 919. The monoisotopic (exact) mass is 323 g/mol. The van der Waals surface area contributed by atoms with E-state index in [1.165, 1.54) is 11.3 Å². The average molecular weight is 323 g/mol. The van der Waals surface area contributed by atoms with E-state index in [0.29, 0.717) is 10.0 Å². The number of benzene rings is 1. The second-order valence-corrected chi connectivity index (χ2v) is 5.81. The maximum Gasteiger partial charge on any atom is 0.270 e. The van der Waals surface area contributed by atoms with Gasteiger partial charge < -0.3 is 11.1 Å². The first-order valence-corrected chi connectivity index (χ1v) is 7.52. The SMILES string of the molecule is C#Cc1cccc(-c2nc(C(N)=O)c(Nc3cnn(C)c3)s2)c1. The molecule has 0 aliphatic heterocycles. The first-order chi connectivity index (χ1) is 11.1. The summed E-state index contributed by atoms with van der Waals surface area (Å²) in [5.74, 6) is 1.99. The number of primary amides is 1. The molecule has 0 unspecified atom stereocenters. The van der Waals surface area contributed by atoms with Crippen LogP contribution in [0.3, 0.4) is 0 Å². The van der Waals surface area contributed by atoms with Crippen LogP contribution in [0.5, 0.6) is 0 Å². The van der Waals surface area contributed by atoms with Gasteiger partial charge in [0.15, 0.2) is 5.69 Å². The number of terminal acetylenes is 1. The Kier molecular flexibility index (Phi) is 3.83. The Hall–Kier alpha value is -3.11. The zero-order chi connectivity index (χ0) is 16.4. The molecule has 0 bridgehead atoms. The number of nitrogens with one attached hydrogen (secondary N) is 1. The standard InChI is InChI=1S/C16H13N5OS/c1-3-10-5-4-6-11(7-10)15-20-13(14(17)22)16(23-15)19-12-8-18-21(2)9-12/h1,4-9,19H,2H3,(H2,17,22). The second kappa shape index (κ2) is 5.94. The third-order valence-electron chi connectivity index (χ3n) is 3.10.